The molecule has 0 aromatic carbocycles. The second kappa shape index (κ2) is 30.9. The molecule has 0 aromatic rings. The number of nitrogens with zero attached hydrogens (tertiary/aromatic N) is 1. The molecular formula is C49H89NO6. The second-order valence-corrected chi connectivity index (χ2v) is 19.5. The lowest BCUT2D eigenvalue weighted by Gasteiger charge is -2.36. The summed E-state index contributed by atoms with van der Waals surface area (Å²) in [4.78, 5) is 40.2. The highest BCUT2D eigenvalue weighted by Gasteiger charge is 2.32. The average Bonchev–Trinajstić information content (AvgIpc) is 3.08. The van der Waals surface area contributed by atoms with E-state index < -0.39 is 5.60 Å². The van der Waals surface area contributed by atoms with Crippen LogP contribution in [0.5, 0.6) is 0 Å². The molecule has 1 aliphatic rings. The van der Waals surface area contributed by atoms with Gasteiger partial charge in [-0.2, -0.15) is 0 Å². The lowest BCUT2D eigenvalue weighted by Crippen LogP contribution is -2.34. The van der Waals surface area contributed by atoms with Crippen molar-refractivity contribution in [3.8, 4) is 0 Å². The van der Waals surface area contributed by atoms with Crippen LogP contribution in [-0.2, 0) is 28.6 Å². The normalized spacial score (nSPS) is 22.1. The van der Waals surface area contributed by atoms with E-state index in [0.717, 1.165) is 103 Å². The highest BCUT2D eigenvalue weighted by Crippen LogP contribution is 2.37. The zero-order valence-corrected chi connectivity index (χ0v) is 38.0. The Hall–Kier alpha value is -2.15. The lowest BCUT2D eigenvalue weighted by atomic mass is 9.73. The maximum Gasteiger partial charge on any atom is 0.306 e. The van der Waals surface area contributed by atoms with E-state index >= 15 is 0 Å². The Balaban J connectivity index is 2.60. The topological polar surface area (TPSA) is 82.1 Å². The fourth-order valence-corrected chi connectivity index (χ4v) is 8.44. The van der Waals surface area contributed by atoms with Crippen molar-refractivity contribution in [3.63, 3.8) is 0 Å². The molecule has 0 bridgehead atoms. The second-order valence-electron chi connectivity index (χ2n) is 19.5. The van der Waals surface area contributed by atoms with Gasteiger partial charge in [-0.15, -0.1) is 0 Å². The fourth-order valence-electron chi connectivity index (χ4n) is 8.44. The van der Waals surface area contributed by atoms with Gasteiger partial charge in [-0.3, -0.25) is 14.4 Å². The standard InChI is InChI=1S/C49H89NO6/c1-47(2,40-48(3,4)41-50(7)8)39-46(53)55-43-35-31-27-23-19-15-11-9-13-17-21-25-29-33-37-44(51)54-42-49(5,6)56-45(52)38-34-30-26-22-18-14-10-12-16-20-24-28-32-36-43/h13-14,17-18,43H,9-12,15-16,19-42H2,1-8H3. The Labute approximate surface area is 345 Å². The van der Waals surface area contributed by atoms with Crippen LogP contribution in [0.15, 0.2) is 24.3 Å². The van der Waals surface area contributed by atoms with E-state index in [2.05, 4.69) is 71.0 Å². The van der Waals surface area contributed by atoms with Gasteiger partial charge in [0.25, 0.3) is 0 Å². The molecule has 0 saturated heterocycles. The molecule has 1 atom stereocenters. The van der Waals surface area contributed by atoms with Gasteiger partial charge < -0.3 is 19.1 Å². The van der Waals surface area contributed by atoms with E-state index in [9.17, 15) is 14.4 Å². The maximum atomic E-state index is 13.3. The van der Waals surface area contributed by atoms with Gasteiger partial charge in [0.2, 0.25) is 0 Å². The molecule has 0 N–H and O–H groups in total. The molecule has 326 valence electrons. The van der Waals surface area contributed by atoms with Crippen molar-refractivity contribution < 1.29 is 28.6 Å². The molecule has 0 spiro atoms. The molecule has 0 saturated carbocycles. The van der Waals surface area contributed by atoms with Crippen molar-refractivity contribution >= 4 is 17.9 Å². The van der Waals surface area contributed by atoms with Crippen LogP contribution in [0, 0.1) is 10.8 Å². The molecular weight excluding hydrogens is 699 g/mol. The van der Waals surface area contributed by atoms with E-state index in [1.54, 1.807) is 13.8 Å². The van der Waals surface area contributed by atoms with Crippen LogP contribution in [-0.4, -0.2) is 61.8 Å². The zero-order chi connectivity index (χ0) is 41.5. The first-order valence-electron chi connectivity index (χ1n) is 23.1. The van der Waals surface area contributed by atoms with E-state index in [1.165, 1.54) is 64.2 Å². The summed E-state index contributed by atoms with van der Waals surface area (Å²) in [6.07, 6.45) is 38.3. The summed E-state index contributed by atoms with van der Waals surface area (Å²) < 4.78 is 17.3. The summed E-state index contributed by atoms with van der Waals surface area (Å²) in [5.41, 5.74) is -0.765. The number of esters is 3. The largest absolute Gasteiger partial charge is 0.462 e. The predicted molar refractivity (Wildman–Crippen MR) is 235 cm³/mol. The van der Waals surface area contributed by atoms with Crippen LogP contribution in [0.4, 0.5) is 0 Å². The third-order valence-electron chi connectivity index (χ3n) is 10.7. The number of hydrogen-bond acceptors (Lipinski definition) is 7. The monoisotopic (exact) mass is 788 g/mol. The SMILES string of the molecule is CN(C)CC(C)(C)CC(C)(C)CC(=O)OC1CCCCCCCCC=CCCCCCC(=O)OCC(C)(C)OC(=O)CCCCCC=CCCCCCCCC1. The minimum absolute atomic E-state index is 0.0178. The van der Waals surface area contributed by atoms with Crippen molar-refractivity contribution in [2.45, 2.75) is 233 Å². The highest BCUT2D eigenvalue weighted by molar-refractivity contribution is 5.71. The summed E-state index contributed by atoms with van der Waals surface area (Å²) in [6, 6.07) is 0. The predicted octanol–water partition coefficient (Wildman–Crippen LogP) is 13.4. The van der Waals surface area contributed by atoms with Gasteiger partial charge >= 0.3 is 17.9 Å². The Morgan fingerprint density at radius 2 is 1.05 bits per heavy atom. The first-order chi connectivity index (χ1) is 26.6. The number of allylic oxidation sites excluding steroid dienone is 4. The highest BCUT2D eigenvalue weighted by atomic mass is 16.6. The van der Waals surface area contributed by atoms with Crippen LogP contribution < -0.4 is 0 Å². The smallest absolute Gasteiger partial charge is 0.306 e. The van der Waals surface area contributed by atoms with Gasteiger partial charge in [0.05, 0.1) is 6.42 Å². The minimum atomic E-state index is -0.810. The summed E-state index contributed by atoms with van der Waals surface area (Å²) in [6.45, 7) is 13.8. The average molecular weight is 788 g/mol. The third kappa shape index (κ3) is 31.9. The molecule has 1 heterocycles. The third-order valence-corrected chi connectivity index (χ3v) is 10.7. The van der Waals surface area contributed by atoms with Crippen LogP contribution in [0.25, 0.3) is 0 Å². The van der Waals surface area contributed by atoms with E-state index in [1.807, 2.05) is 0 Å². The molecule has 7 nitrogen and oxygen atoms in total. The molecule has 0 radical (unpaired) electrons. The van der Waals surface area contributed by atoms with Crippen LogP contribution in [0.3, 0.4) is 0 Å². The molecule has 0 amide bonds. The molecule has 56 heavy (non-hydrogen) atoms. The first kappa shape index (κ1) is 51.9. The van der Waals surface area contributed by atoms with Gasteiger partial charge in [0.15, 0.2) is 0 Å². The van der Waals surface area contributed by atoms with E-state index in [4.69, 9.17) is 14.2 Å². The van der Waals surface area contributed by atoms with E-state index in [0.29, 0.717) is 19.3 Å². The number of carbonyl (C=O) groups excluding carboxylic acids is 3. The number of carbonyl (C=O) groups is 3. The fraction of sp³-hybridized carbons (Fsp3) is 0.857. The van der Waals surface area contributed by atoms with Gasteiger partial charge in [-0.25, -0.2) is 0 Å². The number of rotatable bonds is 7. The number of cyclic esters (lactones) is 2. The minimum Gasteiger partial charge on any atom is -0.462 e. The molecule has 0 fully saturated rings. The van der Waals surface area contributed by atoms with E-state index in [-0.39, 0.29) is 41.4 Å². The summed E-state index contributed by atoms with van der Waals surface area (Å²) in [5.74, 6) is -0.456. The number of ether oxygens (including phenoxy) is 3. The molecule has 7 heteroatoms. The Morgan fingerprint density at radius 3 is 1.52 bits per heavy atom. The summed E-state index contributed by atoms with van der Waals surface area (Å²) >= 11 is 0. The Bertz CT molecular complexity index is 1090. The first-order valence-corrected chi connectivity index (χ1v) is 23.1. The van der Waals surface area contributed by atoms with Crippen LogP contribution in [0.1, 0.15) is 221 Å². The van der Waals surface area contributed by atoms with Gasteiger partial charge in [0.1, 0.15) is 18.3 Å². The molecule has 1 unspecified atom stereocenters. The zero-order valence-electron chi connectivity index (χ0n) is 38.0. The quantitative estimate of drug-likeness (QED) is 0.144. The van der Waals surface area contributed by atoms with Gasteiger partial charge in [0, 0.05) is 19.4 Å². The van der Waals surface area contributed by atoms with Gasteiger partial charge in [-0.05, 0) is 135 Å². The summed E-state index contributed by atoms with van der Waals surface area (Å²) in [7, 11) is 4.24. The van der Waals surface area contributed by atoms with Crippen LogP contribution >= 0.6 is 0 Å². The molecule has 0 aromatic heterocycles. The molecule has 0 aliphatic carbocycles. The van der Waals surface area contributed by atoms with Crippen molar-refractivity contribution in [1.29, 1.82) is 0 Å². The molecule has 1 aliphatic heterocycles. The van der Waals surface area contributed by atoms with Crippen molar-refractivity contribution in [1.82, 2.24) is 4.90 Å². The van der Waals surface area contributed by atoms with Crippen molar-refractivity contribution in [2.24, 2.45) is 10.8 Å². The maximum absolute atomic E-state index is 13.3. The Morgan fingerprint density at radius 1 is 0.643 bits per heavy atom. The number of hydrogen-bond donors (Lipinski definition) is 0. The van der Waals surface area contributed by atoms with Crippen molar-refractivity contribution in [2.75, 3.05) is 27.2 Å². The van der Waals surface area contributed by atoms with Crippen molar-refractivity contribution in [3.05, 3.63) is 24.3 Å². The Kier molecular flexibility index (Phi) is 28.6. The van der Waals surface area contributed by atoms with Crippen LogP contribution in [0.2, 0.25) is 0 Å². The summed E-state index contributed by atoms with van der Waals surface area (Å²) in [5, 5.41) is 0. The van der Waals surface area contributed by atoms with Gasteiger partial charge in [-0.1, -0.05) is 116 Å². The molecule has 1 rings (SSSR count). The lowest BCUT2D eigenvalue weighted by molar-refractivity contribution is -0.168.